The number of hydrogen-bond donors (Lipinski definition) is 0. The van der Waals surface area contributed by atoms with Gasteiger partial charge in [-0.2, -0.15) is 0 Å². The van der Waals surface area contributed by atoms with Crippen LogP contribution in [0.15, 0.2) is 58.8 Å². The van der Waals surface area contributed by atoms with Crippen LogP contribution in [-0.2, 0) is 21.2 Å². The van der Waals surface area contributed by atoms with Crippen molar-refractivity contribution in [1.82, 2.24) is 4.98 Å². The Hall–Kier alpha value is -2.51. The molecule has 0 atom stereocenters. The Labute approximate surface area is 168 Å². The lowest BCUT2D eigenvalue weighted by atomic mass is 10.0. The third-order valence-corrected chi connectivity index (χ3v) is 6.31. The van der Waals surface area contributed by atoms with Gasteiger partial charge in [0.1, 0.15) is 11.6 Å². The van der Waals surface area contributed by atoms with Crippen LogP contribution in [0.3, 0.4) is 0 Å². The van der Waals surface area contributed by atoms with Crippen molar-refractivity contribution in [3.63, 3.8) is 0 Å². The summed E-state index contributed by atoms with van der Waals surface area (Å²) < 4.78 is 28.2. The van der Waals surface area contributed by atoms with Gasteiger partial charge >= 0.3 is 5.97 Å². The molecule has 5 nitrogen and oxygen atoms in total. The van der Waals surface area contributed by atoms with E-state index in [1.807, 2.05) is 17.5 Å². The predicted molar refractivity (Wildman–Crippen MR) is 110 cm³/mol. The van der Waals surface area contributed by atoms with E-state index in [1.165, 1.54) is 41.2 Å². The summed E-state index contributed by atoms with van der Waals surface area (Å²) >= 11 is 1.50. The first kappa shape index (κ1) is 20.2. The van der Waals surface area contributed by atoms with Gasteiger partial charge in [-0.25, -0.2) is 18.2 Å². The summed E-state index contributed by atoms with van der Waals surface area (Å²) in [6, 6.07) is 14.0. The van der Waals surface area contributed by atoms with Crippen molar-refractivity contribution in [1.29, 1.82) is 0 Å². The predicted octanol–water partition coefficient (Wildman–Crippen LogP) is 4.69. The van der Waals surface area contributed by atoms with E-state index in [4.69, 9.17) is 4.74 Å². The number of thiazole rings is 1. The van der Waals surface area contributed by atoms with Crippen LogP contribution in [0.2, 0.25) is 0 Å². The monoisotopic (exact) mass is 415 g/mol. The summed E-state index contributed by atoms with van der Waals surface area (Å²) in [5.41, 5.74) is 3.28. The molecule has 146 valence electrons. The molecular formula is C21H21NO4S2. The number of sulfone groups is 1. The van der Waals surface area contributed by atoms with Crippen molar-refractivity contribution in [2.75, 3.05) is 6.26 Å². The summed E-state index contributed by atoms with van der Waals surface area (Å²) in [6.07, 6.45) is 1.12. The standard InChI is InChI=1S/C21H21NO4S2/c1-14(2)15-4-6-16(7-5-15)20-22-18(13-27-20)12-26-21(23)17-8-10-19(11-9-17)28(3,24)25/h4-11,13-14H,12H2,1-3H3. The molecule has 28 heavy (non-hydrogen) atoms. The smallest absolute Gasteiger partial charge is 0.338 e. The van der Waals surface area contributed by atoms with Crippen LogP contribution >= 0.6 is 11.3 Å². The highest BCUT2D eigenvalue weighted by Gasteiger charge is 2.12. The van der Waals surface area contributed by atoms with Gasteiger partial charge in [-0.05, 0) is 35.7 Å². The molecule has 0 aliphatic rings. The molecule has 3 aromatic rings. The summed E-state index contributed by atoms with van der Waals surface area (Å²) in [5, 5.41) is 2.74. The molecule has 1 heterocycles. The zero-order valence-electron chi connectivity index (χ0n) is 15.9. The maximum Gasteiger partial charge on any atom is 0.338 e. The fourth-order valence-corrected chi connectivity index (χ4v) is 4.02. The number of hydrogen-bond acceptors (Lipinski definition) is 6. The highest BCUT2D eigenvalue weighted by Crippen LogP contribution is 2.26. The van der Waals surface area contributed by atoms with Gasteiger partial charge in [0.2, 0.25) is 0 Å². The molecule has 0 saturated heterocycles. The molecule has 0 N–H and O–H groups in total. The Morgan fingerprint density at radius 3 is 2.29 bits per heavy atom. The van der Waals surface area contributed by atoms with Gasteiger partial charge in [-0.1, -0.05) is 38.1 Å². The lowest BCUT2D eigenvalue weighted by molar-refractivity contribution is 0.0468. The first-order valence-corrected chi connectivity index (χ1v) is 11.5. The molecule has 3 rings (SSSR count). The van der Waals surface area contributed by atoms with Crippen molar-refractivity contribution in [2.45, 2.75) is 31.3 Å². The molecule has 0 unspecified atom stereocenters. The van der Waals surface area contributed by atoms with Gasteiger partial charge in [-0.15, -0.1) is 11.3 Å². The van der Waals surface area contributed by atoms with Crippen molar-refractivity contribution in [2.24, 2.45) is 0 Å². The number of ether oxygens (including phenoxy) is 1. The van der Waals surface area contributed by atoms with Gasteiger partial charge in [0.25, 0.3) is 0 Å². The van der Waals surface area contributed by atoms with E-state index in [2.05, 4.69) is 31.0 Å². The van der Waals surface area contributed by atoms with Crippen LogP contribution in [0.5, 0.6) is 0 Å². The molecule has 0 aliphatic heterocycles. The zero-order chi connectivity index (χ0) is 20.3. The fraction of sp³-hybridized carbons (Fsp3) is 0.238. The summed E-state index contributed by atoms with van der Waals surface area (Å²) in [6.45, 7) is 4.37. The van der Waals surface area contributed by atoms with Crippen molar-refractivity contribution in [3.05, 3.63) is 70.7 Å². The minimum Gasteiger partial charge on any atom is -0.456 e. The van der Waals surface area contributed by atoms with Gasteiger partial charge in [0.05, 0.1) is 16.2 Å². The zero-order valence-corrected chi connectivity index (χ0v) is 17.5. The van der Waals surface area contributed by atoms with E-state index in [0.717, 1.165) is 16.8 Å². The van der Waals surface area contributed by atoms with Crippen LogP contribution in [-0.4, -0.2) is 25.6 Å². The van der Waals surface area contributed by atoms with Crippen LogP contribution in [0, 0.1) is 0 Å². The first-order chi connectivity index (χ1) is 13.2. The maximum absolute atomic E-state index is 12.2. The number of benzene rings is 2. The highest BCUT2D eigenvalue weighted by atomic mass is 32.2. The molecular weight excluding hydrogens is 394 g/mol. The molecule has 2 aromatic carbocycles. The average molecular weight is 416 g/mol. The quantitative estimate of drug-likeness (QED) is 0.546. The molecule has 0 radical (unpaired) electrons. The molecule has 0 spiro atoms. The minimum atomic E-state index is -3.29. The van der Waals surface area contributed by atoms with E-state index in [-0.39, 0.29) is 11.5 Å². The Morgan fingerprint density at radius 2 is 1.71 bits per heavy atom. The normalized spacial score (nSPS) is 11.6. The Balaban J connectivity index is 1.63. The van der Waals surface area contributed by atoms with Gasteiger partial charge in [0, 0.05) is 17.2 Å². The molecule has 0 aliphatic carbocycles. The molecule has 0 fully saturated rings. The van der Waals surface area contributed by atoms with Crippen LogP contribution in [0.25, 0.3) is 10.6 Å². The van der Waals surface area contributed by atoms with Gasteiger partial charge in [0.15, 0.2) is 9.84 Å². The van der Waals surface area contributed by atoms with Crippen LogP contribution in [0.4, 0.5) is 0 Å². The second-order valence-corrected chi connectivity index (χ2v) is 9.67. The second kappa shape index (κ2) is 8.24. The van der Waals surface area contributed by atoms with E-state index in [0.29, 0.717) is 17.2 Å². The third kappa shape index (κ3) is 4.85. The Kier molecular flexibility index (Phi) is 5.96. The number of carbonyl (C=O) groups is 1. The van der Waals surface area contributed by atoms with Crippen LogP contribution < -0.4 is 0 Å². The number of esters is 1. The van der Waals surface area contributed by atoms with Gasteiger partial charge in [-0.3, -0.25) is 0 Å². The number of carbonyl (C=O) groups excluding carboxylic acids is 1. The molecule has 7 heteroatoms. The van der Waals surface area contributed by atoms with E-state index in [9.17, 15) is 13.2 Å². The Bertz CT molecular complexity index is 1070. The lowest BCUT2D eigenvalue weighted by Gasteiger charge is -2.05. The second-order valence-electron chi connectivity index (χ2n) is 6.79. The average Bonchev–Trinajstić information content (AvgIpc) is 3.14. The topological polar surface area (TPSA) is 73.3 Å². The van der Waals surface area contributed by atoms with Crippen LogP contribution in [0.1, 0.15) is 41.4 Å². The molecule has 0 saturated carbocycles. The minimum absolute atomic E-state index is 0.0627. The molecule has 1 aromatic heterocycles. The summed E-state index contributed by atoms with van der Waals surface area (Å²) in [7, 11) is -3.29. The van der Waals surface area contributed by atoms with Crippen molar-refractivity contribution < 1.29 is 17.9 Å². The largest absolute Gasteiger partial charge is 0.456 e. The van der Waals surface area contributed by atoms with E-state index >= 15 is 0 Å². The van der Waals surface area contributed by atoms with Crippen molar-refractivity contribution >= 4 is 27.1 Å². The first-order valence-electron chi connectivity index (χ1n) is 8.76. The maximum atomic E-state index is 12.2. The molecule has 0 bridgehead atoms. The van der Waals surface area contributed by atoms with E-state index in [1.54, 1.807) is 0 Å². The fourth-order valence-electron chi connectivity index (χ4n) is 2.58. The van der Waals surface area contributed by atoms with Crippen molar-refractivity contribution in [3.8, 4) is 10.6 Å². The summed E-state index contributed by atoms with van der Waals surface area (Å²) in [5.74, 6) is -0.0392. The number of rotatable bonds is 6. The third-order valence-electron chi connectivity index (χ3n) is 4.25. The van der Waals surface area contributed by atoms with Gasteiger partial charge < -0.3 is 4.74 Å². The summed E-state index contributed by atoms with van der Waals surface area (Å²) in [4.78, 5) is 16.9. The Morgan fingerprint density at radius 1 is 1.07 bits per heavy atom. The number of nitrogens with zero attached hydrogens (tertiary/aromatic N) is 1. The highest BCUT2D eigenvalue weighted by molar-refractivity contribution is 7.90. The molecule has 0 amide bonds. The lowest BCUT2D eigenvalue weighted by Crippen LogP contribution is -2.06. The SMILES string of the molecule is CC(C)c1ccc(-c2nc(COC(=O)c3ccc(S(C)(=O)=O)cc3)cs2)cc1. The van der Waals surface area contributed by atoms with E-state index < -0.39 is 15.8 Å². The number of aromatic nitrogens is 1.